The molecule has 0 aromatic carbocycles. The zero-order valence-corrected chi connectivity index (χ0v) is 18.9. The van der Waals surface area contributed by atoms with E-state index < -0.39 is 0 Å². The second kappa shape index (κ2) is 8.68. The van der Waals surface area contributed by atoms with Crippen LogP contribution in [0.25, 0.3) is 0 Å². The summed E-state index contributed by atoms with van der Waals surface area (Å²) in [7, 11) is 0. The van der Waals surface area contributed by atoms with Crippen LogP contribution in [0.5, 0.6) is 0 Å². The summed E-state index contributed by atoms with van der Waals surface area (Å²) in [6, 6.07) is 5.10. The molecule has 0 bridgehead atoms. The number of aromatic amines is 1. The Bertz CT molecular complexity index is 1160. The molecule has 5 rings (SSSR count). The largest absolute Gasteiger partial charge is 0.384 e. The van der Waals surface area contributed by atoms with Crippen LogP contribution in [0.2, 0.25) is 0 Å². The highest BCUT2D eigenvalue weighted by molar-refractivity contribution is 5.97. The number of hydrogen-bond donors (Lipinski definition) is 4. The molecular weight excluding hydrogens is 418 g/mol. The van der Waals surface area contributed by atoms with Gasteiger partial charge in [-0.2, -0.15) is 10.1 Å². The molecule has 172 valence electrons. The van der Waals surface area contributed by atoms with Crippen molar-refractivity contribution in [3.63, 3.8) is 0 Å². The van der Waals surface area contributed by atoms with Crippen LogP contribution in [-0.2, 0) is 17.6 Å². The molecular formula is C23H29N9O. The summed E-state index contributed by atoms with van der Waals surface area (Å²) < 4.78 is 0. The molecule has 10 nitrogen and oxygen atoms in total. The predicted octanol–water partition coefficient (Wildman–Crippen LogP) is 3.14. The molecule has 0 spiro atoms. The number of aromatic nitrogens is 5. The van der Waals surface area contributed by atoms with Crippen LogP contribution < -0.4 is 21.3 Å². The molecule has 1 atom stereocenters. The maximum absolute atomic E-state index is 13.1. The lowest BCUT2D eigenvalue weighted by Gasteiger charge is -2.25. The number of nitrogen functional groups attached to an aromatic ring is 1. The monoisotopic (exact) mass is 447 g/mol. The Morgan fingerprint density at radius 1 is 1.24 bits per heavy atom. The molecule has 0 saturated carbocycles. The molecule has 1 aliphatic carbocycles. The molecule has 1 aliphatic heterocycles. The standard InChI is InChI=1S/C23H29N9O/c1-13(2)17-11-20(31-30-17)28-21-15-5-3-6-16(15)27-23(29-21)32-10-4-7-18(32)22(33)26-14-8-9-19(24)25-12-14/h8-9,11-13,18H,3-7,10H2,1-2H3,(H2,24,25)(H,26,33)(H2,27,28,29,30,31)/t18-/m0/s1. The minimum atomic E-state index is -0.340. The minimum absolute atomic E-state index is 0.0912. The number of H-pyrrole nitrogens is 1. The molecule has 3 aromatic rings. The normalized spacial score (nSPS) is 17.4. The number of nitrogens with one attached hydrogen (secondary N) is 3. The molecule has 10 heteroatoms. The van der Waals surface area contributed by atoms with Crippen molar-refractivity contribution in [1.82, 2.24) is 25.1 Å². The fourth-order valence-corrected chi connectivity index (χ4v) is 4.45. The lowest BCUT2D eigenvalue weighted by molar-refractivity contribution is -0.117. The van der Waals surface area contributed by atoms with Gasteiger partial charge in [-0.05, 0) is 50.2 Å². The van der Waals surface area contributed by atoms with Crippen molar-refractivity contribution >= 4 is 35.0 Å². The van der Waals surface area contributed by atoms with E-state index in [1.807, 2.05) is 11.0 Å². The molecule has 3 aromatic heterocycles. The molecule has 1 saturated heterocycles. The van der Waals surface area contributed by atoms with E-state index in [4.69, 9.17) is 15.7 Å². The van der Waals surface area contributed by atoms with E-state index in [1.54, 1.807) is 18.3 Å². The fourth-order valence-electron chi connectivity index (χ4n) is 4.45. The van der Waals surface area contributed by atoms with Crippen molar-refractivity contribution in [2.24, 2.45) is 0 Å². The highest BCUT2D eigenvalue weighted by Crippen LogP contribution is 2.33. The molecule has 1 fully saturated rings. The van der Waals surface area contributed by atoms with Gasteiger partial charge in [-0.25, -0.2) is 9.97 Å². The average Bonchev–Trinajstić information content (AvgIpc) is 3.55. The lowest BCUT2D eigenvalue weighted by Crippen LogP contribution is -2.40. The van der Waals surface area contributed by atoms with Crippen molar-refractivity contribution in [2.45, 2.75) is 57.9 Å². The van der Waals surface area contributed by atoms with Gasteiger partial charge in [0.05, 0.1) is 17.6 Å². The number of aryl methyl sites for hydroxylation is 1. The Labute approximate surface area is 192 Å². The van der Waals surface area contributed by atoms with Crippen LogP contribution in [0.15, 0.2) is 24.4 Å². The van der Waals surface area contributed by atoms with Gasteiger partial charge in [-0.1, -0.05) is 13.8 Å². The van der Waals surface area contributed by atoms with Gasteiger partial charge in [0.1, 0.15) is 17.7 Å². The van der Waals surface area contributed by atoms with E-state index in [0.717, 1.165) is 67.2 Å². The van der Waals surface area contributed by atoms with Crippen LogP contribution >= 0.6 is 0 Å². The summed E-state index contributed by atoms with van der Waals surface area (Å²) in [5, 5.41) is 13.8. The summed E-state index contributed by atoms with van der Waals surface area (Å²) in [6.07, 6.45) is 6.11. The Morgan fingerprint density at radius 2 is 2.12 bits per heavy atom. The predicted molar refractivity (Wildman–Crippen MR) is 128 cm³/mol. The quantitative estimate of drug-likeness (QED) is 0.452. The molecule has 0 unspecified atom stereocenters. The van der Waals surface area contributed by atoms with Gasteiger partial charge >= 0.3 is 0 Å². The first-order chi connectivity index (χ1) is 16.0. The van der Waals surface area contributed by atoms with Crippen molar-refractivity contribution in [3.05, 3.63) is 41.3 Å². The number of rotatable bonds is 6. The number of nitrogens with zero attached hydrogens (tertiary/aromatic N) is 5. The Balaban J connectivity index is 1.40. The summed E-state index contributed by atoms with van der Waals surface area (Å²) >= 11 is 0. The van der Waals surface area contributed by atoms with Gasteiger partial charge in [0.15, 0.2) is 5.82 Å². The third-order valence-corrected chi connectivity index (χ3v) is 6.25. The summed E-state index contributed by atoms with van der Waals surface area (Å²) in [6.45, 7) is 4.98. The van der Waals surface area contributed by atoms with Crippen LogP contribution in [0.3, 0.4) is 0 Å². The zero-order valence-electron chi connectivity index (χ0n) is 18.9. The van der Waals surface area contributed by atoms with Gasteiger partial charge in [0.25, 0.3) is 0 Å². The van der Waals surface area contributed by atoms with Gasteiger partial charge in [0.2, 0.25) is 11.9 Å². The van der Waals surface area contributed by atoms with Crippen LogP contribution in [-0.4, -0.2) is 43.6 Å². The number of anilines is 5. The topological polar surface area (TPSA) is 138 Å². The lowest BCUT2D eigenvalue weighted by atomic mass is 10.1. The Kier molecular flexibility index (Phi) is 5.57. The maximum atomic E-state index is 13.1. The van der Waals surface area contributed by atoms with Crippen molar-refractivity contribution in [1.29, 1.82) is 0 Å². The number of amides is 1. The van der Waals surface area contributed by atoms with Crippen molar-refractivity contribution < 1.29 is 4.79 Å². The second-order valence-electron chi connectivity index (χ2n) is 8.95. The van der Waals surface area contributed by atoms with Crippen LogP contribution in [0, 0.1) is 0 Å². The number of hydrogen-bond acceptors (Lipinski definition) is 8. The number of carbonyl (C=O) groups is 1. The van der Waals surface area contributed by atoms with E-state index in [2.05, 4.69) is 39.7 Å². The Morgan fingerprint density at radius 3 is 2.88 bits per heavy atom. The number of nitrogens with two attached hydrogens (primary N) is 1. The smallest absolute Gasteiger partial charge is 0.247 e. The number of fused-ring (bicyclic) bond motifs is 1. The van der Waals surface area contributed by atoms with E-state index in [0.29, 0.717) is 23.4 Å². The number of pyridine rings is 1. The summed E-state index contributed by atoms with van der Waals surface area (Å²) in [4.78, 5) is 28.8. The summed E-state index contributed by atoms with van der Waals surface area (Å²) in [5.41, 5.74) is 9.53. The van der Waals surface area contributed by atoms with Gasteiger partial charge in [-0.15, -0.1) is 0 Å². The van der Waals surface area contributed by atoms with Gasteiger partial charge in [-0.3, -0.25) is 9.89 Å². The SMILES string of the molecule is CC(C)c1cc(Nc2nc(N3CCC[C@H]3C(=O)Nc3ccc(N)nc3)nc3c2CCC3)n[nH]1. The fraction of sp³-hybridized carbons (Fsp3) is 0.435. The van der Waals surface area contributed by atoms with Gasteiger partial charge in [0, 0.05) is 23.9 Å². The third kappa shape index (κ3) is 4.33. The van der Waals surface area contributed by atoms with Crippen molar-refractivity contribution in [2.75, 3.05) is 27.8 Å². The van der Waals surface area contributed by atoms with Gasteiger partial charge < -0.3 is 21.3 Å². The molecule has 0 radical (unpaired) electrons. The molecule has 33 heavy (non-hydrogen) atoms. The zero-order chi connectivity index (χ0) is 22.9. The third-order valence-electron chi connectivity index (χ3n) is 6.25. The van der Waals surface area contributed by atoms with E-state index in [9.17, 15) is 4.79 Å². The first-order valence-electron chi connectivity index (χ1n) is 11.5. The van der Waals surface area contributed by atoms with E-state index >= 15 is 0 Å². The van der Waals surface area contributed by atoms with Crippen LogP contribution in [0.1, 0.15) is 56.0 Å². The Hall–Kier alpha value is -3.69. The van der Waals surface area contributed by atoms with Crippen LogP contribution in [0.4, 0.5) is 29.1 Å². The molecule has 2 aliphatic rings. The first kappa shape index (κ1) is 21.2. The highest BCUT2D eigenvalue weighted by atomic mass is 16.2. The molecule has 4 heterocycles. The first-order valence-corrected chi connectivity index (χ1v) is 11.5. The average molecular weight is 448 g/mol. The van der Waals surface area contributed by atoms with Crippen molar-refractivity contribution in [3.8, 4) is 0 Å². The summed E-state index contributed by atoms with van der Waals surface area (Å²) in [5.74, 6) is 2.80. The highest BCUT2D eigenvalue weighted by Gasteiger charge is 2.34. The van der Waals surface area contributed by atoms with E-state index in [-0.39, 0.29) is 11.9 Å². The second-order valence-corrected chi connectivity index (χ2v) is 8.95. The molecule has 1 amide bonds. The van der Waals surface area contributed by atoms with E-state index in [1.165, 1.54) is 0 Å². The minimum Gasteiger partial charge on any atom is -0.384 e. The number of carbonyl (C=O) groups excluding carboxylic acids is 1. The molecule has 5 N–H and O–H groups in total. The maximum Gasteiger partial charge on any atom is 0.247 e.